The van der Waals surface area contributed by atoms with Gasteiger partial charge in [-0.2, -0.15) is 5.26 Å². The van der Waals surface area contributed by atoms with E-state index in [0.717, 1.165) is 17.7 Å². The van der Waals surface area contributed by atoms with Crippen molar-refractivity contribution in [2.24, 2.45) is 5.92 Å². The van der Waals surface area contributed by atoms with Crippen molar-refractivity contribution in [3.8, 4) is 6.07 Å². The molecule has 0 aromatic heterocycles. The summed E-state index contributed by atoms with van der Waals surface area (Å²) >= 11 is 1.41. The van der Waals surface area contributed by atoms with E-state index in [1.54, 1.807) is 0 Å². The van der Waals surface area contributed by atoms with Crippen LogP contribution in [0.5, 0.6) is 0 Å². The number of carbonyl (C=O) groups is 1. The van der Waals surface area contributed by atoms with Crippen LogP contribution in [0.1, 0.15) is 36.5 Å². The van der Waals surface area contributed by atoms with Crippen LogP contribution < -0.4 is 5.32 Å². The zero-order chi connectivity index (χ0) is 13.7. The third-order valence-electron chi connectivity index (χ3n) is 3.45. The minimum atomic E-state index is -0.0138. The Morgan fingerprint density at radius 2 is 2.26 bits per heavy atom. The van der Waals surface area contributed by atoms with E-state index in [1.165, 1.54) is 18.2 Å². The van der Waals surface area contributed by atoms with Gasteiger partial charge in [-0.1, -0.05) is 19.1 Å². The number of nitrogens with one attached hydrogen (secondary N) is 1. The topological polar surface area (TPSA) is 52.9 Å². The molecule has 0 bridgehead atoms. The van der Waals surface area contributed by atoms with Gasteiger partial charge in [-0.15, -0.1) is 11.8 Å². The molecule has 2 unspecified atom stereocenters. The lowest BCUT2D eigenvalue weighted by Crippen LogP contribution is -2.33. The molecule has 2 rings (SSSR count). The third kappa shape index (κ3) is 3.74. The Hall–Kier alpha value is -1.47. The minimum Gasteiger partial charge on any atom is -0.349 e. The van der Waals surface area contributed by atoms with Gasteiger partial charge in [0.15, 0.2) is 0 Å². The SMILES string of the molecule is CC1CCC(NC(=O)c2ccccc2SCC#N)C1. The molecule has 0 saturated heterocycles. The normalized spacial score (nSPS) is 21.9. The number of hydrogen-bond acceptors (Lipinski definition) is 3. The molecule has 0 heterocycles. The average molecular weight is 274 g/mol. The number of carbonyl (C=O) groups excluding carboxylic acids is 1. The van der Waals surface area contributed by atoms with Crippen LogP contribution in [0.15, 0.2) is 29.2 Å². The molecule has 1 aromatic carbocycles. The Labute approximate surface area is 118 Å². The van der Waals surface area contributed by atoms with Gasteiger partial charge >= 0.3 is 0 Å². The van der Waals surface area contributed by atoms with E-state index in [2.05, 4.69) is 18.3 Å². The summed E-state index contributed by atoms with van der Waals surface area (Å²) in [6.07, 6.45) is 3.33. The monoisotopic (exact) mass is 274 g/mol. The molecule has 19 heavy (non-hydrogen) atoms. The van der Waals surface area contributed by atoms with Gasteiger partial charge < -0.3 is 5.32 Å². The highest BCUT2D eigenvalue weighted by Crippen LogP contribution is 2.26. The van der Waals surface area contributed by atoms with Crippen molar-refractivity contribution >= 4 is 17.7 Å². The number of nitrogens with zero attached hydrogens (tertiary/aromatic N) is 1. The first kappa shape index (κ1) is 14.0. The van der Waals surface area contributed by atoms with Crippen molar-refractivity contribution in [3.05, 3.63) is 29.8 Å². The van der Waals surface area contributed by atoms with E-state index >= 15 is 0 Å². The molecule has 0 spiro atoms. The highest BCUT2D eigenvalue weighted by molar-refractivity contribution is 7.99. The first-order valence-corrected chi connectivity index (χ1v) is 7.59. The maximum absolute atomic E-state index is 12.3. The maximum Gasteiger partial charge on any atom is 0.252 e. The summed E-state index contributed by atoms with van der Waals surface area (Å²) in [5.74, 6) is 1.05. The lowest BCUT2D eigenvalue weighted by Gasteiger charge is -2.14. The summed E-state index contributed by atoms with van der Waals surface area (Å²) in [5.41, 5.74) is 0.683. The molecule has 1 aromatic rings. The van der Waals surface area contributed by atoms with Crippen LogP contribution in [-0.4, -0.2) is 17.7 Å². The highest BCUT2D eigenvalue weighted by atomic mass is 32.2. The average Bonchev–Trinajstić information content (AvgIpc) is 2.82. The van der Waals surface area contributed by atoms with Crippen LogP contribution in [-0.2, 0) is 0 Å². The molecule has 1 aliphatic carbocycles. The molecule has 0 aliphatic heterocycles. The van der Waals surface area contributed by atoms with Crippen LogP contribution in [0.4, 0.5) is 0 Å². The van der Waals surface area contributed by atoms with Gasteiger partial charge in [0.1, 0.15) is 0 Å². The molecule has 1 saturated carbocycles. The zero-order valence-corrected chi connectivity index (χ0v) is 11.9. The molecule has 4 heteroatoms. The highest BCUT2D eigenvalue weighted by Gasteiger charge is 2.23. The van der Waals surface area contributed by atoms with E-state index in [9.17, 15) is 4.79 Å². The number of benzene rings is 1. The van der Waals surface area contributed by atoms with Crippen molar-refractivity contribution < 1.29 is 4.79 Å². The van der Waals surface area contributed by atoms with Gasteiger partial charge in [-0.3, -0.25) is 4.79 Å². The maximum atomic E-state index is 12.3. The van der Waals surface area contributed by atoms with Gasteiger partial charge in [0.05, 0.1) is 17.4 Å². The third-order valence-corrected chi connectivity index (χ3v) is 4.39. The molecule has 3 nitrogen and oxygen atoms in total. The fraction of sp³-hybridized carbons (Fsp3) is 0.467. The second-order valence-electron chi connectivity index (χ2n) is 5.03. The predicted molar refractivity (Wildman–Crippen MR) is 77.0 cm³/mol. The molecule has 100 valence electrons. The van der Waals surface area contributed by atoms with Crippen LogP contribution in [0.25, 0.3) is 0 Å². The first-order valence-electron chi connectivity index (χ1n) is 6.60. The summed E-state index contributed by atoms with van der Waals surface area (Å²) in [5, 5.41) is 11.8. The lowest BCUT2D eigenvalue weighted by atomic mass is 10.1. The van der Waals surface area contributed by atoms with Crippen LogP contribution in [0.2, 0.25) is 0 Å². The summed E-state index contributed by atoms with van der Waals surface area (Å²) in [6.45, 7) is 2.23. The fourth-order valence-corrected chi connectivity index (χ4v) is 3.20. The number of hydrogen-bond donors (Lipinski definition) is 1. The predicted octanol–water partition coefficient (Wildman–Crippen LogP) is 3.22. The number of rotatable bonds is 4. The van der Waals surface area contributed by atoms with E-state index in [4.69, 9.17) is 5.26 Å². The van der Waals surface area contributed by atoms with E-state index in [1.807, 2.05) is 24.3 Å². The molecule has 2 atom stereocenters. The molecular weight excluding hydrogens is 256 g/mol. The van der Waals surface area contributed by atoms with Gasteiger partial charge in [0.25, 0.3) is 5.91 Å². The molecule has 1 amide bonds. The van der Waals surface area contributed by atoms with Crippen molar-refractivity contribution in [2.75, 3.05) is 5.75 Å². The lowest BCUT2D eigenvalue weighted by molar-refractivity contribution is 0.0934. The summed E-state index contributed by atoms with van der Waals surface area (Å²) < 4.78 is 0. The smallest absolute Gasteiger partial charge is 0.252 e. The van der Waals surface area contributed by atoms with E-state index < -0.39 is 0 Å². The summed E-state index contributed by atoms with van der Waals surface area (Å²) in [6, 6.07) is 9.88. The standard InChI is InChI=1S/C15H18N2OS/c1-11-6-7-12(10-11)17-15(18)13-4-2-3-5-14(13)19-9-8-16/h2-5,11-12H,6-7,9-10H2,1H3,(H,17,18). The summed E-state index contributed by atoms with van der Waals surface area (Å²) in [7, 11) is 0. The van der Waals surface area contributed by atoms with Crippen LogP contribution >= 0.6 is 11.8 Å². The Bertz CT molecular complexity index is 495. The second-order valence-corrected chi connectivity index (χ2v) is 6.05. The Morgan fingerprint density at radius 3 is 2.95 bits per heavy atom. The van der Waals surface area contributed by atoms with Crippen molar-refractivity contribution in [3.63, 3.8) is 0 Å². The Balaban J connectivity index is 2.04. The summed E-state index contributed by atoms with van der Waals surface area (Å²) in [4.78, 5) is 13.2. The molecule has 1 N–H and O–H groups in total. The van der Waals surface area contributed by atoms with Crippen LogP contribution in [0.3, 0.4) is 0 Å². The molecule has 0 radical (unpaired) electrons. The van der Waals surface area contributed by atoms with Crippen molar-refractivity contribution in [2.45, 2.75) is 37.1 Å². The molecule has 1 aliphatic rings. The zero-order valence-electron chi connectivity index (χ0n) is 11.1. The van der Waals surface area contributed by atoms with Gasteiger partial charge in [0.2, 0.25) is 0 Å². The quantitative estimate of drug-likeness (QED) is 0.858. The largest absolute Gasteiger partial charge is 0.349 e. The number of nitriles is 1. The Morgan fingerprint density at radius 1 is 1.47 bits per heavy atom. The number of amides is 1. The molecule has 1 fully saturated rings. The van der Waals surface area contributed by atoms with Crippen molar-refractivity contribution in [1.29, 1.82) is 5.26 Å². The Kier molecular flexibility index (Phi) is 4.86. The van der Waals surface area contributed by atoms with E-state index in [-0.39, 0.29) is 5.91 Å². The van der Waals surface area contributed by atoms with Gasteiger partial charge in [0, 0.05) is 10.9 Å². The van der Waals surface area contributed by atoms with E-state index in [0.29, 0.717) is 23.3 Å². The second kappa shape index (κ2) is 6.63. The van der Waals surface area contributed by atoms with Crippen LogP contribution in [0, 0.1) is 17.2 Å². The minimum absolute atomic E-state index is 0.0138. The molecular formula is C15H18N2OS. The first-order chi connectivity index (χ1) is 9.20. The fourth-order valence-electron chi connectivity index (χ4n) is 2.49. The van der Waals surface area contributed by atoms with Gasteiger partial charge in [-0.05, 0) is 37.3 Å². The van der Waals surface area contributed by atoms with Crippen molar-refractivity contribution in [1.82, 2.24) is 5.32 Å². The number of thioether (sulfide) groups is 1. The van der Waals surface area contributed by atoms with Gasteiger partial charge in [-0.25, -0.2) is 0 Å².